The van der Waals surface area contributed by atoms with Crippen molar-refractivity contribution in [2.75, 3.05) is 19.6 Å². The smallest absolute Gasteiger partial charge is 0.00164 e. The first-order chi connectivity index (χ1) is 3.35. The maximum Gasteiger partial charge on any atom is 0.00164 e. The fourth-order valence-corrected chi connectivity index (χ4v) is 0.224. The maximum atomic E-state index is 5.16. The van der Waals surface area contributed by atoms with Crippen molar-refractivity contribution >= 4 is 0 Å². The van der Waals surface area contributed by atoms with E-state index in [9.17, 15) is 0 Å². The van der Waals surface area contributed by atoms with Gasteiger partial charge in [-0.25, -0.2) is 0 Å². The van der Waals surface area contributed by atoms with Gasteiger partial charge in [-0.15, -0.1) is 0 Å². The van der Waals surface area contributed by atoms with Crippen LogP contribution in [0.2, 0.25) is 0 Å². The lowest BCUT2D eigenvalue weighted by Gasteiger charge is -2.12. The van der Waals surface area contributed by atoms with Gasteiger partial charge in [0.25, 0.3) is 0 Å². The minimum absolute atomic E-state index is 0.438. The average Bonchev–Trinajstić information content (AvgIpc) is 1.72. The molecule has 0 aromatic rings. The van der Waals surface area contributed by atoms with Gasteiger partial charge in [-0.3, -0.25) is 0 Å². The molecule has 0 N–H and O–H groups in total. The van der Waals surface area contributed by atoms with Crippen LogP contribution in [0.5, 0.6) is 0 Å². The average molecular weight is 95.1 g/mol. The van der Waals surface area contributed by atoms with Crippen LogP contribution < -0.4 is 0 Å². The molecular formula is C6H9N. The van der Waals surface area contributed by atoms with Gasteiger partial charge < -0.3 is 4.90 Å². The van der Waals surface area contributed by atoms with E-state index in [0.29, 0.717) is 19.6 Å². The monoisotopic (exact) mass is 95.1 g/mol. The highest BCUT2D eigenvalue weighted by atomic mass is 15.1. The molecule has 0 rings (SSSR count). The van der Waals surface area contributed by atoms with Gasteiger partial charge in [-0.05, 0) is 20.8 Å². The van der Waals surface area contributed by atoms with Crippen LogP contribution in [0.15, 0.2) is 0 Å². The molecule has 0 atom stereocenters. The van der Waals surface area contributed by atoms with Gasteiger partial charge in [-0.2, -0.15) is 0 Å². The normalized spacial score (nSPS) is 10.3. The van der Waals surface area contributed by atoms with Crippen molar-refractivity contribution in [2.45, 2.75) is 0 Å². The van der Waals surface area contributed by atoms with Crippen LogP contribution in [-0.2, 0) is 0 Å². The number of nitrogens with zero attached hydrogens (tertiary/aromatic N) is 1. The van der Waals surface area contributed by atoms with E-state index in [1.54, 1.807) is 4.90 Å². The summed E-state index contributed by atoms with van der Waals surface area (Å²) in [6.45, 7) is 16.8. The first-order valence-electron chi connectivity index (χ1n) is 2.17. The predicted molar refractivity (Wildman–Crippen MR) is 29.3 cm³/mol. The van der Waals surface area contributed by atoms with E-state index in [4.69, 9.17) is 20.8 Å². The zero-order valence-corrected chi connectivity index (χ0v) is 4.30. The molecule has 0 aliphatic heterocycles. The van der Waals surface area contributed by atoms with E-state index >= 15 is 0 Å². The molecule has 0 amide bonds. The first-order valence-corrected chi connectivity index (χ1v) is 2.17. The van der Waals surface area contributed by atoms with Gasteiger partial charge >= 0.3 is 0 Å². The van der Waals surface area contributed by atoms with Gasteiger partial charge in [0.15, 0.2) is 0 Å². The second-order valence-corrected chi connectivity index (χ2v) is 1.22. The molecule has 0 spiro atoms. The molecule has 0 saturated heterocycles. The van der Waals surface area contributed by atoms with Crippen LogP contribution in [0.1, 0.15) is 0 Å². The van der Waals surface area contributed by atoms with Crippen molar-refractivity contribution < 1.29 is 0 Å². The highest BCUT2D eigenvalue weighted by molar-refractivity contribution is 4.59. The molecule has 0 bridgehead atoms. The predicted octanol–water partition coefficient (Wildman–Crippen LogP) is 0.422. The Morgan fingerprint density at radius 3 is 1.14 bits per heavy atom. The molecule has 1 nitrogen and oxygen atoms in total. The second kappa shape index (κ2) is 4.13. The zero-order chi connectivity index (χ0) is 5.70. The summed E-state index contributed by atoms with van der Waals surface area (Å²) in [4.78, 5) is 1.71. The van der Waals surface area contributed by atoms with Crippen molar-refractivity contribution in [3.8, 4) is 0 Å². The summed E-state index contributed by atoms with van der Waals surface area (Å²) in [5.41, 5.74) is 0. The summed E-state index contributed by atoms with van der Waals surface area (Å²) >= 11 is 0. The molecule has 0 aliphatic carbocycles. The number of rotatable bonds is 3. The van der Waals surface area contributed by atoms with Crippen LogP contribution in [-0.4, -0.2) is 24.5 Å². The van der Waals surface area contributed by atoms with Crippen LogP contribution in [0.4, 0.5) is 0 Å². The first kappa shape index (κ1) is 6.96. The van der Waals surface area contributed by atoms with Crippen molar-refractivity contribution in [1.82, 2.24) is 4.90 Å². The fourth-order valence-electron chi connectivity index (χ4n) is 0.224. The highest BCUT2D eigenvalue weighted by Crippen LogP contribution is 1.80. The SMILES string of the molecule is [CH]CN(C[CH])C[CH]. The molecule has 0 fully saturated rings. The third-order valence-corrected chi connectivity index (χ3v) is 0.775. The Morgan fingerprint density at radius 2 is 1.14 bits per heavy atom. The molecule has 0 aromatic carbocycles. The largest absolute Gasteiger partial charge is 0.302 e. The topological polar surface area (TPSA) is 3.24 Å². The standard InChI is InChI=1S/C6H9N/c1-4-7(5-2)6-3/h1-3H,4-6H2. The lowest BCUT2D eigenvalue weighted by molar-refractivity contribution is 0.368. The van der Waals surface area contributed by atoms with E-state index in [2.05, 4.69) is 0 Å². The fraction of sp³-hybridized carbons (Fsp3) is 0.500. The third kappa shape index (κ3) is 2.63. The van der Waals surface area contributed by atoms with Crippen molar-refractivity contribution in [3.63, 3.8) is 0 Å². The van der Waals surface area contributed by atoms with Crippen LogP contribution in [0.25, 0.3) is 0 Å². The molecule has 0 aliphatic rings. The Balaban J connectivity index is 2.99. The van der Waals surface area contributed by atoms with Crippen LogP contribution in [0, 0.1) is 20.8 Å². The molecular weight excluding hydrogens is 86.1 g/mol. The Hall–Kier alpha value is -0.0400. The quantitative estimate of drug-likeness (QED) is 0.491. The zero-order valence-electron chi connectivity index (χ0n) is 4.30. The lowest BCUT2D eigenvalue weighted by atomic mass is 10.5. The van der Waals surface area contributed by atoms with E-state index in [-0.39, 0.29) is 0 Å². The van der Waals surface area contributed by atoms with Gasteiger partial charge in [-0.1, -0.05) is 0 Å². The number of hydrogen-bond acceptors (Lipinski definition) is 1. The minimum Gasteiger partial charge on any atom is -0.302 e. The lowest BCUT2D eigenvalue weighted by Crippen LogP contribution is -2.22. The molecule has 1 heteroatoms. The molecule has 0 saturated carbocycles. The Labute approximate surface area is 46.3 Å². The van der Waals surface area contributed by atoms with Crippen LogP contribution >= 0.6 is 0 Å². The highest BCUT2D eigenvalue weighted by Gasteiger charge is 1.90. The molecule has 7 heavy (non-hydrogen) atoms. The van der Waals surface area contributed by atoms with Crippen molar-refractivity contribution in [1.29, 1.82) is 0 Å². The molecule has 6 radical (unpaired) electrons. The minimum atomic E-state index is 0.438. The van der Waals surface area contributed by atoms with Crippen molar-refractivity contribution in [3.05, 3.63) is 20.8 Å². The Kier molecular flexibility index (Phi) is 4.10. The molecule has 38 valence electrons. The Morgan fingerprint density at radius 1 is 0.857 bits per heavy atom. The molecule has 0 heterocycles. The molecule has 0 unspecified atom stereocenters. The van der Waals surface area contributed by atoms with Gasteiger partial charge in [0.1, 0.15) is 0 Å². The van der Waals surface area contributed by atoms with Crippen molar-refractivity contribution in [2.24, 2.45) is 0 Å². The summed E-state index contributed by atoms with van der Waals surface area (Å²) in [5, 5.41) is 0. The Bertz CT molecular complexity index is 25.7. The maximum absolute atomic E-state index is 5.16. The number of hydrogen-bond donors (Lipinski definition) is 0. The van der Waals surface area contributed by atoms with Crippen LogP contribution in [0.3, 0.4) is 0 Å². The van der Waals surface area contributed by atoms with Gasteiger partial charge in [0.2, 0.25) is 0 Å². The summed E-state index contributed by atoms with van der Waals surface area (Å²) < 4.78 is 0. The summed E-state index contributed by atoms with van der Waals surface area (Å²) in [6, 6.07) is 0. The summed E-state index contributed by atoms with van der Waals surface area (Å²) in [7, 11) is 0. The summed E-state index contributed by atoms with van der Waals surface area (Å²) in [5.74, 6) is 0. The van der Waals surface area contributed by atoms with E-state index in [1.165, 1.54) is 0 Å². The van der Waals surface area contributed by atoms with E-state index in [1.807, 2.05) is 0 Å². The van der Waals surface area contributed by atoms with Gasteiger partial charge in [0, 0.05) is 19.6 Å². The third-order valence-electron chi connectivity index (χ3n) is 0.775. The van der Waals surface area contributed by atoms with E-state index < -0.39 is 0 Å². The second-order valence-electron chi connectivity index (χ2n) is 1.22. The summed E-state index contributed by atoms with van der Waals surface area (Å²) in [6.07, 6.45) is 0. The van der Waals surface area contributed by atoms with Gasteiger partial charge in [0.05, 0.1) is 0 Å². The van der Waals surface area contributed by atoms with E-state index in [0.717, 1.165) is 0 Å². The molecule has 0 aromatic heterocycles.